The second kappa shape index (κ2) is 7.83. The number of nitrogens with zero attached hydrogens (tertiary/aromatic N) is 2. The lowest BCUT2D eigenvalue weighted by Gasteiger charge is -2.21. The number of methoxy groups -OCH3 is 1. The molecule has 0 radical (unpaired) electrons. The number of carboxylic acids is 1. The summed E-state index contributed by atoms with van der Waals surface area (Å²) in [6.07, 6.45) is 1.92. The lowest BCUT2D eigenvalue weighted by Crippen LogP contribution is -2.39. The summed E-state index contributed by atoms with van der Waals surface area (Å²) in [7, 11) is 1.25. The standard InChI is InChI=1S/C13H17N3O5/c1-3-6-16(8-11(17)21-2)13(20)15-9-4-5-10(12(18)19)14-7-9/h4-5,7H,3,6,8H2,1-2H3,(H,15,20)(H,18,19). The maximum Gasteiger partial charge on any atom is 0.354 e. The molecule has 114 valence electrons. The Morgan fingerprint density at radius 1 is 1.38 bits per heavy atom. The van der Waals surface area contributed by atoms with Crippen LogP contribution < -0.4 is 5.32 Å². The summed E-state index contributed by atoms with van der Waals surface area (Å²) in [5.74, 6) is -1.66. The van der Waals surface area contributed by atoms with E-state index in [9.17, 15) is 14.4 Å². The number of aromatic nitrogens is 1. The number of hydrogen-bond acceptors (Lipinski definition) is 5. The number of ether oxygens (including phenoxy) is 1. The van der Waals surface area contributed by atoms with Crippen LogP contribution in [-0.2, 0) is 9.53 Å². The summed E-state index contributed by atoms with van der Waals surface area (Å²) in [5.41, 5.74) is 0.226. The summed E-state index contributed by atoms with van der Waals surface area (Å²) in [6.45, 7) is 2.11. The van der Waals surface area contributed by atoms with E-state index in [1.54, 1.807) is 0 Å². The van der Waals surface area contributed by atoms with Crippen molar-refractivity contribution in [3.63, 3.8) is 0 Å². The molecule has 1 aromatic rings. The minimum Gasteiger partial charge on any atom is -0.477 e. The van der Waals surface area contributed by atoms with Crippen molar-refractivity contribution < 1.29 is 24.2 Å². The topological polar surface area (TPSA) is 109 Å². The van der Waals surface area contributed by atoms with E-state index in [4.69, 9.17) is 5.11 Å². The Morgan fingerprint density at radius 2 is 2.10 bits per heavy atom. The average molecular weight is 295 g/mol. The molecule has 21 heavy (non-hydrogen) atoms. The highest BCUT2D eigenvalue weighted by Crippen LogP contribution is 2.08. The van der Waals surface area contributed by atoms with Gasteiger partial charge in [-0.25, -0.2) is 14.6 Å². The van der Waals surface area contributed by atoms with Crippen LogP contribution in [0.15, 0.2) is 18.3 Å². The quantitative estimate of drug-likeness (QED) is 0.763. The van der Waals surface area contributed by atoms with Gasteiger partial charge in [-0.1, -0.05) is 6.92 Å². The Morgan fingerprint density at radius 3 is 2.57 bits per heavy atom. The number of carboxylic acid groups (broad SMARTS) is 1. The van der Waals surface area contributed by atoms with Gasteiger partial charge in [0.25, 0.3) is 0 Å². The van der Waals surface area contributed by atoms with Crippen LogP contribution in [0.2, 0.25) is 0 Å². The molecule has 2 amide bonds. The van der Waals surface area contributed by atoms with Gasteiger partial charge in [0, 0.05) is 6.54 Å². The molecule has 0 atom stereocenters. The molecular formula is C13H17N3O5. The van der Waals surface area contributed by atoms with Gasteiger partial charge < -0.3 is 20.1 Å². The fourth-order valence-electron chi connectivity index (χ4n) is 1.54. The zero-order valence-electron chi connectivity index (χ0n) is 11.8. The summed E-state index contributed by atoms with van der Waals surface area (Å²) in [5, 5.41) is 11.3. The fourth-order valence-corrected chi connectivity index (χ4v) is 1.54. The van der Waals surface area contributed by atoms with Gasteiger partial charge >= 0.3 is 18.0 Å². The zero-order chi connectivity index (χ0) is 15.8. The maximum absolute atomic E-state index is 12.0. The fraction of sp³-hybridized carbons (Fsp3) is 0.385. The van der Waals surface area contributed by atoms with Crippen LogP contribution in [0.25, 0.3) is 0 Å². The van der Waals surface area contributed by atoms with Gasteiger partial charge in [0.1, 0.15) is 12.2 Å². The Bertz CT molecular complexity index is 515. The molecule has 0 aliphatic carbocycles. The third-order valence-corrected chi connectivity index (χ3v) is 2.56. The minimum absolute atomic E-state index is 0.118. The predicted octanol–water partition coefficient (Wildman–Crippen LogP) is 1.20. The summed E-state index contributed by atoms with van der Waals surface area (Å²) in [4.78, 5) is 39.0. The molecule has 8 nitrogen and oxygen atoms in total. The van der Waals surface area contributed by atoms with Crippen LogP contribution >= 0.6 is 0 Å². The summed E-state index contributed by atoms with van der Waals surface area (Å²) >= 11 is 0. The zero-order valence-corrected chi connectivity index (χ0v) is 11.8. The smallest absolute Gasteiger partial charge is 0.354 e. The summed E-state index contributed by atoms with van der Waals surface area (Å²) in [6, 6.07) is 2.23. The molecule has 0 aliphatic heterocycles. The van der Waals surface area contributed by atoms with Gasteiger partial charge in [-0.05, 0) is 18.6 Å². The van der Waals surface area contributed by atoms with Crippen molar-refractivity contribution >= 4 is 23.7 Å². The van der Waals surface area contributed by atoms with Crippen LogP contribution in [0.5, 0.6) is 0 Å². The van der Waals surface area contributed by atoms with E-state index < -0.39 is 18.0 Å². The molecule has 0 bridgehead atoms. The van der Waals surface area contributed by atoms with Crippen LogP contribution in [-0.4, -0.2) is 53.2 Å². The number of rotatable bonds is 6. The first kappa shape index (κ1) is 16.4. The van der Waals surface area contributed by atoms with Crippen molar-refractivity contribution in [3.8, 4) is 0 Å². The maximum atomic E-state index is 12.0. The summed E-state index contributed by atoms with van der Waals surface area (Å²) < 4.78 is 4.53. The largest absolute Gasteiger partial charge is 0.477 e. The van der Waals surface area contributed by atoms with E-state index in [2.05, 4.69) is 15.0 Å². The number of amides is 2. The third kappa shape index (κ3) is 5.09. The highest BCUT2D eigenvalue weighted by atomic mass is 16.5. The third-order valence-electron chi connectivity index (χ3n) is 2.56. The molecule has 1 rings (SSSR count). The van der Waals surface area contributed by atoms with Gasteiger partial charge in [-0.15, -0.1) is 0 Å². The SMILES string of the molecule is CCCN(CC(=O)OC)C(=O)Nc1ccc(C(=O)O)nc1. The van der Waals surface area contributed by atoms with Crippen LogP contribution in [0.3, 0.4) is 0 Å². The van der Waals surface area contributed by atoms with E-state index in [1.807, 2.05) is 6.92 Å². The van der Waals surface area contributed by atoms with E-state index in [0.717, 1.165) is 0 Å². The molecular weight excluding hydrogens is 278 g/mol. The molecule has 0 saturated heterocycles. The number of nitrogens with one attached hydrogen (secondary N) is 1. The minimum atomic E-state index is -1.15. The highest BCUT2D eigenvalue weighted by Gasteiger charge is 2.17. The number of hydrogen-bond donors (Lipinski definition) is 2. The normalized spacial score (nSPS) is 9.81. The van der Waals surface area contributed by atoms with Crippen molar-refractivity contribution in [2.45, 2.75) is 13.3 Å². The molecule has 1 aromatic heterocycles. The Hall–Kier alpha value is -2.64. The van der Waals surface area contributed by atoms with Gasteiger partial charge in [0.2, 0.25) is 0 Å². The first-order chi connectivity index (χ1) is 9.97. The highest BCUT2D eigenvalue weighted by molar-refractivity contribution is 5.92. The molecule has 0 fully saturated rings. The van der Waals surface area contributed by atoms with Crippen LogP contribution in [0.1, 0.15) is 23.8 Å². The molecule has 0 spiro atoms. The van der Waals surface area contributed by atoms with Crippen molar-refractivity contribution in [2.75, 3.05) is 25.5 Å². The van der Waals surface area contributed by atoms with E-state index in [-0.39, 0.29) is 12.2 Å². The van der Waals surface area contributed by atoms with Gasteiger partial charge in [-0.2, -0.15) is 0 Å². The Labute approximate surface area is 121 Å². The number of aromatic carboxylic acids is 1. The van der Waals surface area contributed by atoms with Crippen molar-refractivity contribution in [1.29, 1.82) is 0 Å². The van der Waals surface area contributed by atoms with E-state index in [1.165, 1.54) is 30.3 Å². The van der Waals surface area contributed by atoms with Gasteiger partial charge in [0.15, 0.2) is 0 Å². The Balaban J connectivity index is 2.71. The first-order valence-electron chi connectivity index (χ1n) is 6.30. The van der Waals surface area contributed by atoms with Gasteiger partial charge in [-0.3, -0.25) is 4.79 Å². The molecule has 0 aliphatic rings. The molecule has 0 aromatic carbocycles. The molecule has 1 heterocycles. The van der Waals surface area contributed by atoms with E-state index >= 15 is 0 Å². The number of esters is 1. The lowest BCUT2D eigenvalue weighted by atomic mass is 10.3. The lowest BCUT2D eigenvalue weighted by molar-refractivity contribution is -0.141. The van der Waals surface area contributed by atoms with Crippen LogP contribution in [0, 0.1) is 0 Å². The molecule has 2 N–H and O–H groups in total. The number of anilines is 1. The van der Waals surface area contributed by atoms with Crippen molar-refractivity contribution in [3.05, 3.63) is 24.0 Å². The molecule has 8 heteroatoms. The average Bonchev–Trinajstić information content (AvgIpc) is 2.47. The number of pyridine rings is 1. The molecule has 0 unspecified atom stereocenters. The van der Waals surface area contributed by atoms with Crippen molar-refractivity contribution in [1.82, 2.24) is 9.88 Å². The van der Waals surface area contributed by atoms with Crippen molar-refractivity contribution in [2.24, 2.45) is 0 Å². The van der Waals surface area contributed by atoms with Gasteiger partial charge in [0.05, 0.1) is 19.0 Å². The predicted molar refractivity (Wildman–Crippen MR) is 74.1 cm³/mol. The Kier molecular flexibility index (Phi) is 6.12. The monoisotopic (exact) mass is 295 g/mol. The molecule has 0 saturated carbocycles. The number of urea groups is 1. The first-order valence-corrected chi connectivity index (χ1v) is 6.30. The van der Waals surface area contributed by atoms with Crippen LogP contribution in [0.4, 0.5) is 10.5 Å². The number of carbonyl (C=O) groups is 3. The second-order valence-corrected chi connectivity index (χ2v) is 4.17. The van der Waals surface area contributed by atoms with E-state index in [0.29, 0.717) is 18.7 Å². The number of carbonyl (C=O) groups excluding carboxylic acids is 2. The second-order valence-electron chi connectivity index (χ2n) is 4.17.